The number of aromatic nitrogens is 2. The maximum Gasteiger partial charge on any atom is 0.435 e. The van der Waals surface area contributed by atoms with E-state index in [2.05, 4.69) is 5.10 Å². The van der Waals surface area contributed by atoms with Crippen LogP contribution in [0.5, 0.6) is 0 Å². The molecule has 0 saturated heterocycles. The van der Waals surface area contributed by atoms with Crippen molar-refractivity contribution in [3.63, 3.8) is 0 Å². The summed E-state index contributed by atoms with van der Waals surface area (Å²) in [4.78, 5) is 51.6. The standard InChI is InChI=1S/C22H25N3O6/c1-21(2,3)30-19(28)15-11-25(20(29)31-22(4,5)6)23-16(15)12-24-17(26)13-9-7-8-10-14(13)18(24)27/h7-11H,12H2,1-6H3. The first-order valence-electron chi connectivity index (χ1n) is 9.77. The molecule has 0 N–H and O–H groups in total. The SMILES string of the molecule is CC(C)(C)OC(=O)c1cn(C(=O)OC(C)(C)C)nc1CN1C(=O)c2ccccc2C1=O. The van der Waals surface area contributed by atoms with Crippen LogP contribution in [-0.4, -0.2) is 49.8 Å². The average molecular weight is 427 g/mol. The Labute approximate surface area is 179 Å². The van der Waals surface area contributed by atoms with Crippen molar-refractivity contribution in [2.24, 2.45) is 0 Å². The molecule has 1 aliphatic heterocycles. The van der Waals surface area contributed by atoms with Gasteiger partial charge in [-0.05, 0) is 53.7 Å². The number of fused-ring (bicyclic) bond motifs is 1. The molecule has 3 rings (SSSR count). The summed E-state index contributed by atoms with van der Waals surface area (Å²) in [6, 6.07) is 6.45. The summed E-state index contributed by atoms with van der Waals surface area (Å²) in [7, 11) is 0. The van der Waals surface area contributed by atoms with E-state index in [0.29, 0.717) is 0 Å². The van der Waals surface area contributed by atoms with Gasteiger partial charge in [0.25, 0.3) is 11.8 Å². The number of ether oxygens (including phenoxy) is 2. The molecule has 9 nitrogen and oxygen atoms in total. The van der Waals surface area contributed by atoms with E-state index in [1.54, 1.807) is 65.8 Å². The summed E-state index contributed by atoms with van der Waals surface area (Å²) in [6.07, 6.45) is 0.390. The van der Waals surface area contributed by atoms with Crippen molar-refractivity contribution in [3.05, 3.63) is 52.8 Å². The molecule has 2 aromatic rings. The van der Waals surface area contributed by atoms with E-state index in [1.807, 2.05) is 0 Å². The van der Waals surface area contributed by atoms with Crippen LogP contribution in [0.25, 0.3) is 0 Å². The molecule has 2 amide bonds. The number of nitrogens with zero attached hydrogens (tertiary/aromatic N) is 3. The number of imide groups is 1. The lowest BCUT2D eigenvalue weighted by atomic mass is 10.1. The van der Waals surface area contributed by atoms with Crippen LogP contribution >= 0.6 is 0 Å². The van der Waals surface area contributed by atoms with Gasteiger partial charge in [0.1, 0.15) is 16.8 Å². The summed E-state index contributed by atoms with van der Waals surface area (Å²) >= 11 is 0. The average Bonchev–Trinajstić information content (AvgIpc) is 3.15. The van der Waals surface area contributed by atoms with Crippen LogP contribution in [0.4, 0.5) is 4.79 Å². The highest BCUT2D eigenvalue weighted by Crippen LogP contribution is 2.25. The number of carbonyl (C=O) groups is 4. The summed E-state index contributed by atoms with van der Waals surface area (Å²) in [5.74, 6) is -1.72. The van der Waals surface area contributed by atoms with Crippen LogP contribution in [0.1, 0.15) is 78.3 Å². The molecule has 31 heavy (non-hydrogen) atoms. The summed E-state index contributed by atoms with van der Waals surface area (Å²) in [5, 5.41) is 4.14. The molecular weight excluding hydrogens is 402 g/mol. The lowest BCUT2D eigenvalue weighted by Gasteiger charge is -2.19. The molecule has 0 saturated carbocycles. The number of benzene rings is 1. The van der Waals surface area contributed by atoms with Gasteiger partial charge in [0.05, 0.1) is 29.6 Å². The number of hydrogen-bond acceptors (Lipinski definition) is 7. The van der Waals surface area contributed by atoms with Gasteiger partial charge in [-0.2, -0.15) is 9.78 Å². The molecule has 0 radical (unpaired) electrons. The molecule has 1 aromatic heterocycles. The third kappa shape index (κ3) is 4.82. The van der Waals surface area contributed by atoms with Crippen molar-refractivity contribution < 1.29 is 28.7 Å². The van der Waals surface area contributed by atoms with Gasteiger partial charge in [0.15, 0.2) is 0 Å². The van der Waals surface area contributed by atoms with Crippen molar-refractivity contribution in [2.45, 2.75) is 59.3 Å². The minimum absolute atomic E-state index is 0.0302. The molecule has 164 valence electrons. The first-order valence-corrected chi connectivity index (χ1v) is 9.77. The second-order valence-electron chi connectivity index (χ2n) is 9.16. The molecule has 0 atom stereocenters. The second-order valence-corrected chi connectivity index (χ2v) is 9.16. The zero-order chi connectivity index (χ0) is 23.1. The predicted molar refractivity (Wildman–Crippen MR) is 110 cm³/mol. The van der Waals surface area contributed by atoms with Crippen LogP contribution < -0.4 is 0 Å². The fourth-order valence-electron chi connectivity index (χ4n) is 2.96. The topological polar surface area (TPSA) is 108 Å². The molecule has 0 aliphatic carbocycles. The van der Waals surface area contributed by atoms with Gasteiger partial charge in [-0.3, -0.25) is 14.5 Å². The van der Waals surface area contributed by atoms with Crippen molar-refractivity contribution in [1.29, 1.82) is 0 Å². The van der Waals surface area contributed by atoms with E-state index < -0.39 is 35.1 Å². The maximum atomic E-state index is 12.7. The Morgan fingerprint density at radius 3 is 1.90 bits per heavy atom. The quantitative estimate of drug-likeness (QED) is 0.545. The molecule has 2 heterocycles. The molecule has 1 aromatic carbocycles. The van der Waals surface area contributed by atoms with Crippen molar-refractivity contribution in [3.8, 4) is 0 Å². The Bertz CT molecular complexity index is 1040. The third-order valence-corrected chi connectivity index (χ3v) is 4.18. The van der Waals surface area contributed by atoms with Gasteiger partial charge >= 0.3 is 12.1 Å². The normalized spacial score (nSPS) is 13.9. The van der Waals surface area contributed by atoms with Crippen molar-refractivity contribution >= 4 is 23.9 Å². The Hall–Kier alpha value is -3.49. The maximum absolute atomic E-state index is 12.7. The Morgan fingerprint density at radius 1 is 0.903 bits per heavy atom. The van der Waals surface area contributed by atoms with Crippen LogP contribution in [0.15, 0.2) is 30.5 Å². The molecule has 1 aliphatic rings. The fraction of sp³-hybridized carbons (Fsp3) is 0.409. The highest BCUT2D eigenvalue weighted by molar-refractivity contribution is 6.21. The number of hydrogen-bond donors (Lipinski definition) is 0. The second kappa shape index (κ2) is 7.64. The van der Waals surface area contributed by atoms with Gasteiger partial charge in [-0.1, -0.05) is 12.1 Å². The number of esters is 1. The molecule has 0 bridgehead atoms. The van der Waals surface area contributed by atoms with Crippen LogP contribution in [0.2, 0.25) is 0 Å². The Kier molecular flexibility index (Phi) is 5.47. The van der Waals surface area contributed by atoms with Crippen molar-refractivity contribution in [1.82, 2.24) is 14.7 Å². The van der Waals surface area contributed by atoms with Crippen molar-refractivity contribution in [2.75, 3.05) is 0 Å². The minimum Gasteiger partial charge on any atom is -0.456 e. The largest absolute Gasteiger partial charge is 0.456 e. The van der Waals surface area contributed by atoms with Gasteiger partial charge in [-0.25, -0.2) is 9.59 Å². The van der Waals surface area contributed by atoms with E-state index in [0.717, 1.165) is 9.58 Å². The molecule has 0 spiro atoms. The molecule has 9 heteroatoms. The van der Waals surface area contributed by atoms with Gasteiger partial charge in [0, 0.05) is 0 Å². The highest BCUT2D eigenvalue weighted by Gasteiger charge is 2.37. The van der Waals surface area contributed by atoms with Gasteiger partial charge < -0.3 is 9.47 Å². The Morgan fingerprint density at radius 2 is 1.42 bits per heavy atom. The van der Waals surface area contributed by atoms with Crippen LogP contribution in [-0.2, 0) is 16.0 Å². The van der Waals surface area contributed by atoms with E-state index in [9.17, 15) is 19.2 Å². The zero-order valence-corrected chi connectivity index (χ0v) is 18.4. The number of carbonyl (C=O) groups excluding carboxylic acids is 4. The summed E-state index contributed by atoms with van der Waals surface area (Å²) < 4.78 is 11.6. The van der Waals surface area contributed by atoms with E-state index >= 15 is 0 Å². The van der Waals surface area contributed by atoms with E-state index in [1.165, 1.54) is 6.20 Å². The smallest absolute Gasteiger partial charge is 0.435 e. The summed E-state index contributed by atoms with van der Waals surface area (Å²) in [5.41, 5.74) is -1.00. The number of rotatable bonds is 3. The van der Waals surface area contributed by atoms with Crippen LogP contribution in [0, 0.1) is 0 Å². The lowest BCUT2D eigenvalue weighted by Crippen LogP contribution is -2.31. The van der Waals surface area contributed by atoms with E-state index in [4.69, 9.17) is 9.47 Å². The zero-order valence-electron chi connectivity index (χ0n) is 18.4. The number of amides is 2. The lowest BCUT2D eigenvalue weighted by molar-refractivity contribution is 0.00664. The minimum atomic E-state index is -0.800. The summed E-state index contributed by atoms with van der Waals surface area (Å²) in [6.45, 7) is 9.90. The van der Waals surface area contributed by atoms with Gasteiger partial charge in [0.2, 0.25) is 0 Å². The van der Waals surface area contributed by atoms with Gasteiger partial charge in [-0.15, -0.1) is 0 Å². The predicted octanol–water partition coefficient (Wildman–Crippen LogP) is 3.42. The Balaban J connectivity index is 1.96. The third-order valence-electron chi connectivity index (χ3n) is 4.18. The monoisotopic (exact) mass is 427 g/mol. The molecule has 0 unspecified atom stereocenters. The highest BCUT2D eigenvalue weighted by atomic mass is 16.6. The molecular formula is C22H25N3O6. The van der Waals surface area contributed by atoms with E-state index in [-0.39, 0.29) is 28.9 Å². The fourth-order valence-corrected chi connectivity index (χ4v) is 2.96. The molecule has 0 fully saturated rings. The first kappa shape index (κ1) is 22.2. The first-order chi connectivity index (χ1) is 14.3. The van der Waals surface area contributed by atoms with Crippen LogP contribution in [0.3, 0.4) is 0 Å².